The summed E-state index contributed by atoms with van der Waals surface area (Å²) in [5.74, 6) is 0.803. The van der Waals surface area contributed by atoms with E-state index in [2.05, 4.69) is 44.2 Å². The van der Waals surface area contributed by atoms with Crippen molar-refractivity contribution in [1.82, 2.24) is 10.5 Å². The average molecular weight is 292 g/mol. The fraction of sp³-hybridized carbons (Fsp3) is 0.667. The Morgan fingerprint density at radius 3 is 2.19 bits per heavy atom. The van der Waals surface area contributed by atoms with Crippen molar-refractivity contribution in [3.8, 4) is 0 Å². The number of nitrogens with one attached hydrogen (secondary N) is 1. The molecule has 2 heterocycles. The van der Waals surface area contributed by atoms with Crippen LogP contribution >= 0.6 is 0 Å². The van der Waals surface area contributed by atoms with Crippen molar-refractivity contribution < 1.29 is 13.8 Å². The molecule has 0 saturated carbocycles. The van der Waals surface area contributed by atoms with Gasteiger partial charge in [-0.1, -0.05) is 11.2 Å². The molecule has 1 aromatic heterocycles. The first-order chi connectivity index (χ1) is 9.68. The Hall–Kier alpha value is -1.11. The lowest BCUT2D eigenvalue weighted by Crippen LogP contribution is -2.41. The molecule has 1 aliphatic rings. The van der Waals surface area contributed by atoms with Crippen LogP contribution in [-0.4, -0.2) is 37.1 Å². The molecular formula is C15H25BN2O3. The van der Waals surface area contributed by atoms with Crippen LogP contribution in [0.1, 0.15) is 44.7 Å². The van der Waals surface area contributed by atoms with Gasteiger partial charge in [0, 0.05) is 12.1 Å². The minimum Gasteiger partial charge on any atom is -0.400 e. The highest BCUT2D eigenvalue weighted by molar-refractivity contribution is 6.55. The van der Waals surface area contributed by atoms with Crippen LogP contribution < -0.4 is 5.32 Å². The molecule has 0 atom stereocenters. The summed E-state index contributed by atoms with van der Waals surface area (Å²) in [6.07, 6.45) is 2.06. The summed E-state index contributed by atoms with van der Waals surface area (Å²) in [6, 6.07) is 0. The van der Waals surface area contributed by atoms with Gasteiger partial charge in [0.05, 0.1) is 16.9 Å². The summed E-state index contributed by atoms with van der Waals surface area (Å²) in [5.41, 5.74) is 2.21. The quantitative estimate of drug-likeness (QED) is 0.864. The van der Waals surface area contributed by atoms with Gasteiger partial charge >= 0.3 is 7.12 Å². The third-order valence-electron chi connectivity index (χ3n) is 4.36. The molecule has 0 radical (unpaired) electrons. The molecule has 1 aromatic rings. The molecule has 0 aliphatic carbocycles. The van der Waals surface area contributed by atoms with Gasteiger partial charge in [-0.3, -0.25) is 0 Å². The Bertz CT molecular complexity index is 514. The van der Waals surface area contributed by atoms with Crippen molar-refractivity contribution in [2.75, 3.05) is 13.6 Å². The SMILES string of the molecule is CNCC(=Cc1c(C)noc1C)B1OC(C)(C)C(C)(C)O1. The Morgan fingerprint density at radius 2 is 1.76 bits per heavy atom. The molecule has 0 bridgehead atoms. The Morgan fingerprint density at radius 1 is 1.19 bits per heavy atom. The van der Waals surface area contributed by atoms with Crippen LogP contribution in [0, 0.1) is 13.8 Å². The van der Waals surface area contributed by atoms with E-state index in [4.69, 9.17) is 13.8 Å². The van der Waals surface area contributed by atoms with Crippen molar-refractivity contribution in [1.29, 1.82) is 0 Å². The first kappa shape index (κ1) is 16.3. The van der Waals surface area contributed by atoms with Crippen LogP contribution in [0.5, 0.6) is 0 Å². The van der Waals surface area contributed by atoms with Crippen LogP contribution in [0.4, 0.5) is 0 Å². The topological polar surface area (TPSA) is 56.5 Å². The molecule has 0 amide bonds. The van der Waals surface area contributed by atoms with Gasteiger partial charge < -0.3 is 19.1 Å². The summed E-state index contributed by atoms with van der Waals surface area (Å²) in [5, 5.41) is 7.16. The predicted octanol–water partition coefficient (Wildman–Crippen LogP) is 2.53. The second-order valence-corrected chi connectivity index (χ2v) is 6.58. The van der Waals surface area contributed by atoms with Crippen molar-refractivity contribution in [3.63, 3.8) is 0 Å². The molecule has 116 valence electrons. The average Bonchev–Trinajstić information content (AvgIpc) is 2.78. The molecule has 6 heteroatoms. The van der Waals surface area contributed by atoms with Gasteiger partial charge in [-0.25, -0.2) is 0 Å². The lowest BCUT2D eigenvalue weighted by atomic mass is 9.77. The van der Waals surface area contributed by atoms with E-state index in [0.717, 1.165) is 22.5 Å². The van der Waals surface area contributed by atoms with Gasteiger partial charge in [0.2, 0.25) is 0 Å². The predicted molar refractivity (Wildman–Crippen MR) is 84.0 cm³/mol. The molecule has 0 aromatic carbocycles. The van der Waals surface area contributed by atoms with E-state index in [1.807, 2.05) is 20.9 Å². The molecule has 0 unspecified atom stereocenters. The van der Waals surface area contributed by atoms with E-state index < -0.39 is 0 Å². The first-order valence-corrected chi connectivity index (χ1v) is 7.31. The summed E-state index contributed by atoms with van der Waals surface area (Å²) in [6.45, 7) is 12.7. The molecule has 1 saturated heterocycles. The van der Waals surface area contributed by atoms with Gasteiger partial charge in [-0.2, -0.15) is 0 Å². The van der Waals surface area contributed by atoms with Crippen molar-refractivity contribution in [2.45, 2.75) is 52.7 Å². The largest absolute Gasteiger partial charge is 0.491 e. The van der Waals surface area contributed by atoms with E-state index in [0.29, 0.717) is 6.54 Å². The molecule has 5 nitrogen and oxygen atoms in total. The van der Waals surface area contributed by atoms with Crippen molar-refractivity contribution in [2.24, 2.45) is 0 Å². The third kappa shape index (κ3) is 3.07. The highest BCUT2D eigenvalue weighted by Crippen LogP contribution is 2.38. The van der Waals surface area contributed by atoms with Crippen LogP contribution in [0.2, 0.25) is 0 Å². The number of aromatic nitrogens is 1. The number of hydrogen-bond donors (Lipinski definition) is 1. The van der Waals surface area contributed by atoms with Crippen molar-refractivity contribution >= 4 is 13.2 Å². The molecular weight excluding hydrogens is 267 g/mol. The lowest BCUT2D eigenvalue weighted by molar-refractivity contribution is 0.00578. The molecule has 1 fully saturated rings. The van der Waals surface area contributed by atoms with Gasteiger partial charge in [-0.15, -0.1) is 0 Å². The summed E-state index contributed by atoms with van der Waals surface area (Å²) in [4.78, 5) is 0. The molecule has 21 heavy (non-hydrogen) atoms. The second-order valence-electron chi connectivity index (χ2n) is 6.58. The monoisotopic (exact) mass is 292 g/mol. The highest BCUT2D eigenvalue weighted by atomic mass is 16.7. The third-order valence-corrected chi connectivity index (χ3v) is 4.36. The summed E-state index contributed by atoms with van der Waals surface area (Å²) >= 11 is 0. The zero-order chi connectivity index (χ0) is 15.8. The number of hydrogen-bond acceptors (Lipinski definition) is 5. The number of aryl methyl sites for hydroxylation is 2. The number of likely N-dealkylation sites (N-methyl/N-ethyl adjacent to an activating group) is 1. The van der Waals surface area contributed by atoms with E-state index in [1.54, 1.807) is 0 Å². The summed E-state index contributed by atoms with van der Waals surface area (Å²) in [7, 11) is 1.54. The Kier molecular flexibility index (Phi) is 4.33. The minimum absolute atomic E-state index is 0.344. The summed E-state index contributed by atoms with van der Waals surface area (Å²) < 4.78 is 17.5. The van der Waals surface area contributed by atoms with Gasteiger partial charge in [0.15, 0.2) is 0 Å². The van der Waals surface area contributed by atoms with Crippen LogP contribution in [-0.2, 0) is 9.31 Å². The first-order valence-electron chi connectivity index (χ1n) is 7.31. The maximum atomic E-state index is 6.13. The van der Waals surface area contributed by atoms with Crippen LogP contribution in [0.3, 0.4) is 0 Å². The van der Waals surface area contributed by atoms with E-state index in [-0.39, 0.29) is 18.3 Å². The molecule has 0 spiro atoms. The fourth-order valence-corrected chi connectivity index (χ4v) is 2.28. The normalized spacial score (nSPS) is 21.1. The maximum absolute atomic E-state index is 6.13. The highest BCUT2D eigenvalue weighted by Gasteiger charge is 2.52. The van der Waals surface area contributed by atoms with Crippen LogP contribution in [0.25, 0.3) is 6.08 Å². The Labute approximate surface area is 127 Å². The van der Waals surface area contributed by atoms with Gasteiger partial charge in [0.1, 0.15) is 5.76 Å². The van der Waals surface area contributed by atoms with Crippen molar-refractivity contribution in [3.05, 3.63) is 22.5 Å². The van der Waals surface area contributed by atoms with E-state index in [1.165, 1.54) is 0 Å². The maximum Gasteiger partial charge on any atom is 0.491 e. The smallest absolute Gasteiger partial charge is 0.400 e. The molecule has 1 N–H and O–H groups in total. The standard InChI is InChI=1S/C15H25BN2O3/c1-10-13(11(2)19-18-10)8-12(9-17-7)16-20-14(3,4)15(5,6)21-16/h8,17H,9H2,1-7H3. The second kappa shape index (κ2) is 5.59. The zero-order valence-corrected chi connectivity index (χ0v) is 14.0. The van der Waals surface area contributed by atoms with Gasteiger partial charge in [-0.05, 0) is 54.1 Å². The molecule has 2 rings (SSSR count). The fourth-order valence-electron chi connectivity index (χ4n) is 2.28. The molecule has 1 aliphatic heterocycles. The van der Waals surface area contributed by atoms with Gasteiger partial charge in [0.25, 0.3) is 0 Å². The van der Waals surface area contributed by atoms with E-state index in [9.17, 15) is 0 Å². The number of rotatable bonds is 4. The number of nitrogens with zero attached hydrogens (tertiary/aromatic N) is 1. The zero-order valence-electron chi connectivity index (χ0n) is 14.0. The lowest BCUT2D eigenvalue weighted by Gasteiger charge is -2.32. The van der Waals surface area contributed by atoms with Crippen LogP contribution in [0.15, 0.2) is 10.00 Å². The Balaban J connectivity index is 2.33. The minimum atomic E-state index is -0.365. The van der Waals surface area contributed by atoms with E-state index >= 15 is 0 Å².